The van der Waals surface area contributed by atoms with Gasteiger partial charge in [-0.2, -0.15) is 0 Å². The van der Waals surface area contributed by atoms with Crippen molar-refractivity contribution in [1.29, 1.82) is 0 Å². The Hall–Kier alpha value is -1.07. The summed E-state index contributed by atoms with van der Waals surface area (Å²) in [5.41, 5.74) is 2.21. The van der Waals surface area contributed by atoms with Crippen molar-refractivity contribution < 1.29 is 13.2 Å². The van der Waals surface area contributed by atoms with Crippen molar-refractivity contribution in [2.24, 2.45) is 0 Å². The summed E-state index contributed by atoms with van der Waals surface area (Å²) >= 11 is 0. The summed E-state index contributed by atoms with van der Waals surface area (Å²) in [5.74, 6) is 0.977. The van der Waals surface area contributed by atoms with Gasteiger partial charge in [-0.1, -0.05) is 24.6 Å². The van der Waals surface area contributed by atoms with E-state index >= 15 is 0 Å². The van der Waals surface area contributed by atoms with E-state index in [1.165, 1.54) is 0 Å². The number of hydrogen-bond acceptors (Lipinski definition) is 4. The molecule has 0 spiro atoms. The molecule has 18 heavy (non-hydrogen) atoms. The average Bonchev–Trinajstić information content (AvgIpc) is 2.32. The van der Waals surface area contributed by atoms with Crippen molar-refractivity contribution in [2.75, 3.05) is 25.2 Å². The summed E-state index contributed by atoms with van der Waals surface area (Å²) in [5, 5.41) is 3.07. The summed E-state index contributed by atoms with van der Waals surface area (Å²) in [6.07, 6.45) is 0. The predicted octanol–water partition coefficient (Wildman–Crippen LogP) is 1.53. The van der Waals surface area contributed by atoms with Crippen LogP contribution in [0.5, 0.6) is 5.75 Å². The average molecular weight is 271 g/mol. The quantitative estimate of drug-likeness (QED) is 0.817. The van der Waals surface area contributed by atoms with Crippen LogP contribution in [0.15, 0.2) is 18.2 Å². The Kier molecular flexibility index (Phi) is 5.62. The molecule has 0 unspecified atom stereocenters. The highest BCUT2D eigenvalue weighted by atomic mass is 32.2. The van der Waals surface area contributed by atoms with Gasteiger partial charge in [0.25, 0.3) is 0 Å². The molecule has 1 aromatic rings. The minimum absolute atomic E-state index is 0.0658. The number of nitrogens with one attached hydrogen (secondary N) is 1. The first-order chi connectivity index (χ1) is 8.48. The van der Waals surface area contributed by atoms with Gasteiger partial charge in [-0.25, -0.2) is 8.42 Å². The van der Waals surface area contributed by atoms with Crippen LogP contribution in [0, 0.1) is 6.92 Å². The van der Waals surface area contributed by atoms with Gasteiger partial charge in [-0.05, 0) is 20.0 Å². The molecule has 0 saturated carbocycles. The maximum Gasteiger partial charge on any atom is 0.153 e. The van der Waals surface area contributed by atoms with Gasteiger partial charge in [0.2, 0.25) is 0 Å². The second-order valence-corrected chi connectivity index (χ2v) is 6.70. The maximum absolute atomic E-state index is 11.4. The van der Waals surface area contributed by atoms with Crippen LogP contribution in [0.25, 0.3) is 0 Å². The Balaban J connectivity index is 2.67. The monoisotopic (exact) mass is 271 g/mol. The molecule has 0 heterocycles. The van der Waals surface area contributed by atoms with E-state index in [1.54, 1.807) is 6.92 Å². The van der Waals surface area contributed by atoms with Gasteiger partial charge < -0.3 is 10.1 Å². The maximum atomic E-state index is 11.4. The highest BCUT2D eigenvalue weighted by Gasteiger charge is 2.09. The Bertz CT molecular complexity index is 483. The van der Waals surface area contributed by atoms with Crippen molar-refractivity contribution in [2.45, 2.75) is 20.4 Å². The molecule has 0 radical (unpaired) electrons. The standard InChI is InChI=1S/C13H21NO3S/c1-4-18(15,16)8-7-17-13-6-5-11(2)9-12(13)10-14-3/h5-6,9,14H,4,7-8,10H2,1-3H3. The second kappa shape index (κ2) is 6.75. The van der Waals surface area contributed by atoms with Crippen molar-refractivity contribution in [3.05, 3.63) is 29.3 Å². The van der Waals surface area contributed by atoms with Crippen LogP contribution in [0.2, 0.25) is 0 Å². The van der Waals surface area contributed by atoms with Gasteiger partial charge >= 0.3 is 0 Å². The summed E-state index contributed by atoms with van der Waals surface area (Å²) in [4.78, 5) is 0. The third kappa shape index (κ3) is 4.66. The normalized spacial score (nSPS) is 11.5. The fourth-order valence-corrected chi connectivity index (χ4v) is 2.23. The van der Waals surface area contributed by atoms with Gasteiger partial charge in [0.1, 0.15) is 12.4 Å². The molecular weight excluding hydrogens is 250 g/mol. The summed E-state index contributed by atoms with van der Waals surface area (Å²) in [7, 11) is -1.09. The van der Waals surface area contributed by atoms with Crippen LogP contribution in [-0.4, -0.2) is 33.6 Å². The lowest BCUT2D eigenvalue weighted by Crippen LogP contribution is -2.16. The van der Waals surface area contributed by atoms with Crippen LogP contribution in [0.4, 0.5) is 0 Å². The first-order valence-electron chi connectivity index (χ1n) is 6.06. The van der Waals surface area contributed by atoms with Crippen LogP contribution in [-0.2, 0) is 16.4 Å². The van der Waals surface area contributed by atoms with Crippen molar-refractivity contribution in [3.8, 4) is 5.75 Å². The fraction of sp³-hybridized carbons (Fsp3) is 0.538. The molecule has 5 heteroatoms. The lowest BCUT2D eigenvalue weighted by Gasteiger charge is -2.12. The van der Waals surface area contributed by atoms with E-state index in [1.807, 2.05) is 32.2 Å². The molecule has 4 nitrogen and oxygen atoms in total. The third-order valence-corrected chi connectivity index (χ3v) is 4.34. The molecule has 1 N–H and O–H groups in total. The Morgan fingerprint density at radius 2 is 2.06 bits per heavy atom. The SMILES string of the molecule is CCS(=O)(=O)CCOc1ccc(C)cc1CNC. The van der Waals surface area contributed by atoms with Gasteiger partial charge in [-0.3, -0.25) is 0 Å². The number of aryl methyl sites for hydroxylation is 1. The predicted molar refractivity (Wildman–Crippen MR) is 73.8 cm³/mol. The topological polar surface area (TPSA) is 55.4 Å². The largest absolute Gasteiger partial charge is 0.492 e. The zero-order valence-corrected chi connectivity index (χ0v) is 12.0. The van der Waals surface area contributed by atoms with Crippen LogP contribution in [0.1, 0.15) is 18.1 Å². The van der Waals surface area contributed by atoms with E-state index < -0.39 is 9.84 Å². The lowest BCUT2D eigenvalue weighted by molar-refractivity contribution is 0.336. The smallest absolute Gasteiger partial charge is 0.153 e. The minimum Gasteiger partial charge on any atom is -0.492 e. The molecule has 0 amide bonds. The number of benzene rings is 1. The number of rotatable bonds is 7. The molecule has 0 aliphatic heterocycles. The molecule has 0 bridgehead atoms. The number of ether oxygens (including phenoxy) is 1. The molecule has 1 rings (SSSR count). The molecule has 0 aromatic heterocycles. The molecule has 0 aliphatic rings. The van der Waals surface area contributed by atoms with E-state index in [2.05, 4.69) is 5.32 Å². The van der Waals surface area contributed by atoms with E-state index in [-0.39, 0.29) is 18.1 Å². The Morgan fingerprint density at radius 3 is 2.67 bits per heavy atom. The molecule has 0 saturated heterocycles. The van der Waals surface area contributed by atoms with Gasteiger partial charge in [0, 0.05) is 17.9 Å². The van der Waals surface area contributed by atoms with Gasteiger partial charge in [0.05, 0.1) is 5.75 Å². The molecule has 0 fully saturated rings. The molecule has 0 aliphatic carbocycles. The molecule has 1 aromatic carbocycles. The number of hydrogen-bond donors (Lipinski definition) is 1. The van der Waals surface area contributed by atoms with Crippen LogP contribution >= 0.6 is 0 Å². The molecule has 102 valence electrons. The number of sulfone groups is 1. The zero-order valence-electron chi connectivity index (χ0n) is 11.2. The summed E-state index contributed by atoms with van der Waals surface area (Å²) in [6.45, 7) is 4.58. The highest BCUT2D eigenvalue weighted by Crippen LogP contribution is 2.19. The summed E-state index contributed by atoms with van der Waals surface area (Å²) in [6, 6.07) is 5.89. The summed E-state index contributed by atoms with van der Waals surface area (Å²) < 4.78 is 28.3. The van der Waals surface area contributed by atoms with E-state index in [4.69, 9.17) is 4.74 Å². The van der Waals surface area contributed by atoms with Crippen LogP contribution < -0.4 is 10.1 Å². The second-order valence-electron chi connectivity index (χ2n) is 4.23. The van der Waals surface area contributed by atoms with Crippen molar-refractivity contribution >= 4 is 9.84 Å². The fourth-order valence-electron chi connectivity index (χ4n) is 1.60. The van der Waals surface area contributed by atoms with Gasteiger partial charge in [0.15, 0.2) is 9.84 Å². The van der Waals surface area contributed by atoms with E-state index in [9.17, 15) is 8.42 Å². The van der Waals surface area contributed by atoms with E-state index in [0.29, 0.717) is 6.54 Å². The van der Waals surface area contributed by atoms with E-state index in [0.717, 1.165) is 16.9 Å². The lowest BCUT2D eigenvalue weighted by atomic mass is 10.1. The van der Waals surface area contributed by atoms with Gasteiger partial charge in [-0.15, -0.1) is 0 Å². The first kappa shape index (κ1) is 15.0. The van der Waals surface area contributed by atoms with Crippen molar-refractivity contribution in [1.82, 2.24) is 5.32 Å². The van der Waals surface area contributed by atoms with Crippen molar-refractivity contribution in [3.63, 3.8) is 0 Å². The molecular formula is C13H21NO3S. The first-order valence-corrected chi connectivity index (χ1v) is 7.88. The Labute approximate surface area is 109 Å². The Morgan fingerprint density at radius 1 is 1.33 bits per heavy atom. The third-order valence-electron chi connectivity index (χ3n) is 2.67. The van der Waals surface area contributed by atoms with Crippen LogP contribution in [0.3, 0.4) is 0 Å². The molecule has 0 atom stereocenters. The zero-order chi connectivity index (χ0) is 13.6. The highest BCUT2D eigenvalue weighted by molar-refractivity contribution is 7.91. The minimum atomic E-state index is -2.96.